The normalized spacial score (nSPS) is 9.50. The van der Waals surface area contributed by atoms with Crippen LogP contribution >= 0.6 is 11.3 Å². The first-order valence-corrected chi connectivity index (χ1v) is 4.72. The molecule has 12 heavy (non-hydrogen) atoms. The van der Waals surface area contributed by atoms with Gasteiger partial charge in [0.15, 0.2) is 0 Å². The van der Waals surface area contributed by atoms with Crippen molar-refractivity contribution in [3.8, 4) is 0 Å². The first-order valence-electron chi connectivity index (χ1n) is 3.78. The van der Waals surface area contributed by atoms with Gasteiger partial charge in [0, 0.05) is 19.0 Å². The number of urea groups is 1. The topological polar surface area (TPSA) is 32.3 Å². The number of nitrogens with zero attached hydrogens (tertiary/aromatic N) is 1. The molecule has 66 valence electrons. The summed E-state index contributed by atoms with van der Waals surface area (Å²) < 4.78 is 0. The van der Waals surface area contributed by atoms with Gasteiger partial charge in [-0.15, -0.1) is 0 Å². The van der Waals surface area contributed by atoms with E-state index in [0.717, 1.165) is 12.2 Å². The number of thiophene rings is 1. The van der Waals surface area contributed by atoms with Crippen molar-refractivity contribution in [1.82, 2.24) is 4.90 Å². The first-order chi connectivity index (χ1) is 5.74. The van der Waals surface area contributed by atoms with Crippen LogP contribution in [0.15, 0.2) is 16.8 Å². The van der Waals surface area contributed by atoms with Crippen molar-refractivity contribution in [2.24, 2.45) is 0 Å². The van der Waals surface area contributed by atoms with E-state index in [9.17, 15) is 4.79 Å². The SMILES string of the molecule is CCN(C)C(=O)Nc1ccsc1. The van der Waals surface area contributed by atoms with E-state index in [0.29, 0.717) is 0 Å². The van der Waals surface area contributed by atoms with Crippen molar-refractivity contribution in [2.45, 2.75) is 6.92 Å². The predicted octanol–water partition coefficient (Wildman–Crippen LogP) is 2.23. The number of anilines is 1. The van der Waals surface area contributed by atoms with E-state index >= 15 is 0 Å². The van der Waals surface area contributed by atoms with Gasteiger partial charge in [-0.3, -0.25) is 0 Å². The number of hydrogen-bond donors (Lipinski definition) is 1. The van der Waals surface area contributed by atoms with Crippen molar-refractivity contribution in [2.75, 3.05) is 18.9 Å². The second kappa shape index (κ2) is 4.11. The molecule has 0 fully saturated rings. The standard InChI is InChI=1S/C8H12N2OS/c1-3-10(2)8(11)9-7-4-5-12-6-7/h4-6H,3H2,1-2H3,(H,9,11). The van der Waals surface area contributed by atoms with Gasteiger partial charge < -0.3 is 10.2 Å². The Bertz CT molecular complexity index is 246. The van der Waals surface area contributed by atoms with Gasteiger partial charge in [0.05, 0.1) is 5.69 Å². The summed E-state index contributed by atoms with van der Waals surface area (Å²) >= 11 is 1.57. The van der Waals surface area contributed by atoms with Crippen molar-refractivity contribution in [1.29, 1.82) is 0 Å². The number of carbonyl (C=O) groups is 1. The summed E-state index contributed by atoms with van der Waals surface area (Å²) in [4.78, 5) is 12.9. The molecule has 1 aromatic heterocycles. The maximum atomic E-state index is 11.3. The predicted molar refractivity (Wildman–Crippen MR) is 51.6 cm³/mol. The van der Waals surface area contributed by atoms with Gasteiger partial charge in [-0.2, -0.15) is 11.3 Å². The lowest BCUT2D eigenvalue weighted by molar-refractivity contribution is 0.224. The first kappa shape index (κ1) is 9.06. The van der Waals surface area contributed by atoms with Crippen LogP contribution in [0.4, 0.5) is 10.5 Å². The van der Waals surface area contributed by atoms with Gasteiger partial charge in [0.25, 0.3) is 0 Å². The smallest absolute Gasteiger partial charge is 0.321 e. The van der Waals surface area contributed by atoms with E-state index in [4.69, 9.17) is 0 Å². The lowest BCUT2D eigenvalue weighted by atomic mass is 10.5. The van der Waals surface area contributed by atoms with Gasteiger partial charge in [-0.25, -0.2) is 4.79 Å². The number of nitrogens with one attached hydrogen (secondary N) is 1. The molecular formula is C8H12N2OS. The van der Waals surface area contributed by atoms with Gasteiger partial charge in [0.1, 0.15) is 0 Å². The highest BCUT2D eigenvalue weighted by Crippen LogP contribution is 2.11. The van der Waals surface area contributed by atoms with E-state index in [1.54, 1.807) is 23.3 Å². The molecule has 4 heteroatoms. The third kappa shape index (κ3) is 2.23. The number of amides is 2. The zero-order valence-corrected chi connectivity index (χ0v) is 8.02. The summed E-state index contributed by atoms with van der Waals surface area (Å²) in [7, 11) is 1.77. The van der Waals surface area contributed by atoms with Crippen LogP contribution in [0.3, 0.4) is 0 Å². The molecule has 1 heterocycles. The zero-order valence-electron chi connectivity index (χ0n) is 7.20. The molecule has 0 bridgehead atoms. The molecule has 0 aliphatic carbocycles. The van der Waals surface area contributed by atoms with E-state index < -0.39 is 0 Å². The van der Waals surface area contributed by atoms with Crippen LogP contribution in [0.5, 0.6) is 0 Å². The maximum absolute atomic E-state index is 11.3. The maximum Gasteiger partial charge on any atom is 0.321 e. The molecule has 2 amide bonds. The third-order valence-electron chi connectivity index (χ3n) is 1.59. The lowest BCUT2D eigenvalue weighted by Gasteiger charge is -2.14. The molecule has 1 N–H and O–H groups in total. The Hall–Kier alpha value is -1.03. The van der Waals surface area contributed by atoms with Gasteiger partial charge in [-0.1, -0.05) is 0 Å². The van der Waals surface area contributed by atoms with Crippen molar-refractivity contribution < 1.29 is 4.79 Å². The Morgan fingerprint density at radius 2 is 2.50 bits per heavy atom. The molecule has 0 aromatic carbocycles. The molecule has 0 atom stereocenters. The van der Waals surface area contributed by atoms with Crippen LogP contribution in [-0.2, 0) is 0 Å². The molecule has 0 spiro atoms. The molecular weight excluding hydrogens is 172 g/mol. The van der Waals surface area contributed by atoms with Crippen LogP contribution in [0.25, 0.3) is 0 Å². The largest absolute Gasteiger partial charge is 0.328 e. The average molecular weight is 184 g/mol. The van der Waals surface area contributed by atoms with Crippen LogP contribution in [0, 0.1) is 0 Å². The summed E-state index contributed by atoms with van der Waals surface area (Å²) in [6.07, 6.45) is 0. The van der Waals surface area contributed by atoms with Crippen LogP contribution < -0.4 is 5.32 Å². The molecule has 0 aliphatic rings. The minimum Gasteiger partial charge on any atom is -0.328 e. The Labute approximate surface area is 76.0 Å². The highest BCUT2D eigenvalue weighted by molar-refractivity contribution is 7.08. The number of carbonyl (C=O) groups excluding carboxylic acids is 1. The fourth-order valence-electron chi connectivity index (χ4n) is 0.698. The quantitative estimate of drug-likeness (QED) is 0.751. The van der Waals surface area contributed by atoms with E-state index in [-0.39, 0.29) is 6.03 Å². The number of hydrogen-bond acceptors (Lipinski definition) is 2. The van der Waals surface area contributed by atoms with Gasteiger partial charge in [0.2, 0.25) is 0 Å². The van der Waals surface area contributed by atoms with E-state index in [1.807, 2.05) is 23.8 Å². The van der Waals surface area contributed by atoms with Gasteiger partial charge in [-0.05, 0) is 18.4 Å². The highest BCUT2D eigenvalue weighted by Gasteiger charge is 2.05. The zero-order chi connectivity index (χ0) is 8.97. The van der Waals surface area contributed by atoms with Crippen LogP contribution in [0.1, 0.15) is 6.92 Å². The summed E-state index contributed by atoms with van der Waals surface area (Å²) in [5.41, 5.74) is 0.866. The Kier molecular flexibility index (Phi) is 3.10. The Morgan fingerprint density at radius 1 is 1.75 bits per heavy atom. The minimum atomic E-state index is -0.0594. The second-order valence-electron chi connectivity index (χ2n) is 2.46. The Balaban J connectivity index is 2.47. The number of rotatable bonds is 2. The molecule has 3 nitrogen and oxygen atoms in total. The molecule has 1 rings (SSSR count). The lowest BCUT2D eigenvalue weighted by Crippen LogP contribution is -2.30. The molecule has 0 saturated heterocycles. The molecule has 0 saturated carbocycles. The van der Waals surface area contributed by atoms with Gasteiger partial charge >= 0.3 is 6.03 Å². The van der Waals surface area contributed by atoms with Crippen molar-refractivity contribution in [3.05, 3.63) is 16.8 Å². The minimum absolute atomic E-state index is 0.0594. The highest BCUT2D eigenvalue weighted by atomic mass is 32.1. The molecule has 0 radical (unpaired) electrons. The molecule has 0 unspecified atom stereocenters. The monoisotopic (exact) mass is 184 g/mol. The fraction of sp³-hybridized carbons (Fsp3) is 0.375. The fourth-order valence-corrected chi connectivity index (χ4v) is 1.29. The van der Waals surface area contributed by atoms with Crippen LogP contribution in [0.2, 0.25) is 0 Å². The van der Waals surface area contributed by atoms with E-state index in [2.05, 4.69) is 5.32 Å². The van der Waals surface area contributed by atoms with Crippen LogP contribution in [-0.4, -0.2) is 24.5 Å². The summed E-state index contributed by atoms with van der Waals surface area (Å²) in [5.74, 6) is 0. The van der Waals surface area contributed by atoms with Crippen molar-refractivity contribution in [3.63, 3.8) is 0 Å². The average Bonchev–Trinajstić information content (AvgIpc) is 2.55. The summed E-state index contributed by atoms with van der Waals surface area (Å²) in [5, 5.41) is 6.61. The summed E-state index contributed by atoms with van der Waals surface area (Å²) in [6.45, 7) is 2.66. The van der Waals surface area contributed by atoms with E-state index in [1.165, 1.54) is 0 Å². The van der Waals surface area contributed by atoms with Crippen molar-refractivity contribution >= 4 is 23.1 Å². The molecule has 1 aromatic rings. The Morgan fingerprint density at radius 3 is 3.00 bits per heavy atom. The summed E-state index contributed by atoms with van der Waals surface area (Å²) in [6, 6.07) is 1.82. The second-order valence-corrected chi connectivity index (χ2v) is 3.24. The third-order valence-corrected chi connectivity index (χ3v) is 2.28. The molecule has 0 aliphatic heterocycles.